The van der Waals surface area contributed by atoms with E-state index in [1.54, 1.807) is 0 Å². The molecule has 0 bridgehead atoms. The van der Waals surface area contributed by atoms with Crippen LogP contribution in [0.4, 0.5) is 11.6 Å². The quantitative estimate of drug-likeness (QED) is 0.810. The first kappa shape index (κ1) is 11.7. The Morgan fingerprint density at radius 3 is 2.94 bits per heavy atom. The molecule has 5 nitrogen and oxygen atoms in total. The van der Waals surface area contributed by atoms with Crippen LogP contribution in [0.2, 0.25) is 0 Å². The summed E-state index contributed by atoms with van der Waals surface area (Å²) in [5.41, 5.74) is 5.82. The van der Waals surface area contributed by atoms with Crippen molar-refractivity contribution >= 4 is 11.6 Å². The lowest BCUT2D eigenvalue weighted by molar-refractivity contribution is 0.133. The lowest BCUT2D eigenvalue weighted by Crippen LogP contribution is -2.25. The molecule has 0 amide bonds. The van der Waals surface area contributed by atoms with E-state index < -0.39 is 0 Å². The molecule has 2 aliphatic rings. The van der Waals surface area contributed by atoms with E-state index in [-0.39, 0.29) is 6.10 Å². The van der Waals surface area contributed by atoms with Crippen LogP contribution in [0, 0.1) is 11.8 Å². The Labute approximate surface area is 107 Å². The molecule has 5 heteroatoms. The van der Waals surface area contributed by atoms with Crippen molar-refractivity contribution in [1.29, 1.82) is 0 Å². The second kappa shape index (κ2) is 4.39. The van der Waals surface area contributed by atoms with Crippen LogP contribution >= 0.6 is 0 Å². The summed E-state index contributed by atoms with van der Waals surface area (Å²) < 4.78 is 0. The van der Waals surface area contributed by atoms with Gasteiger partial charge in [-0.15, -0.1) is 0 Å². The predicted molar refractivity (Wildman–Crippen MR) is 70.3 cm³/mol. The van der Waals surface area contributed by atoms with Crippen LogP contribution in [0.5, 0.6) is 0 Å². The largest absolute Gasteiger partial charge is 0.393 e. The molecule has 1 aromatic rings. The molecule has 3 rings (SSSR count). The van der Waals surface area contributed by atoms with Crippen LogP contribution in [0.3, 0.4) is 0 Å². The van der Waals surface area contributed by atoms with Gasteiger partial charge in [-0.2, -0.15) is 0 Å². The van der Waals surface area contributed by atoms with Gasteiger partial charge in [0.25, 0.3) is 0 Å². The van der Waals surface area contributed by atoms with Gasteiger partial charge in [-0.25, -0.2) is 9.97 Å². The molecule has 98 valence electrons. The topological polar surface area (TPSA) is 75.3 Å². The monoisotopic (exact) mass is 248 g/mol. The zero-order valence-corrected chi connectivity index (χ0v) is 10.7. The first-order chi connectivity index (χ1) is 8.67. The third-order valence-corrected chi connectivity index (χ3v) is 4.24. The van der Waals surface area contributed by atoms with Crippen molar-refractivity contribution in [2.24, 2.45) is 11.8 Å². The Bertz CT molecular complexity index is 451. The standard InChI is InChI=1S/C13H20N4O/c1-2-12-15-11(14)5-13(16-12)17-6-8-3-4-10(18)9(8)7-17/h5,8-10,18H,2-4,6-7H2,1H3,(H2,14,15,16). The number of aliphatic hydroxyl groups is 1. The summed E-state index contributed by atoms with van der Waals surface area (Å²) in [6, 6.07) is 1.84. The number of aryl methyl sites for hydroxylation is 1. The number of nitrogens with two attached hydrogens (primary N) is 1. The summed E-state index contributed by atoms with van der Waals surface area (Å²) in [6.07, 6.45) is 2.74. The van der Waals surface area contributed by atoms with Gasteiger partial charge in [0.15, 0.2) is 0 Å². The number of nitrogen functional groups attached to an aromatic ring is 1. The summed E-state index contributed by atoms with van der Waals surface area (Å²) in [4.78, 5) is 11.0. The molecule has 2 heterocycles. The van der Waals surface area contributed by atoms with Gasteiger partial charge in [0.05, 0.1) is 6.10 Å². The molecule has 18 heavy (non-hydrogen) atoms. The highest BCUT2D eigenvalue weighted by Crippen LogP contribution is 2.39. The van der Waals surface area contributed by atoms with Gasteiger partial charge in [0.1, 0.15) is 17.5 Å². The number of aromatic nitrogens is 2. The fourth-order valence-corrected chi connectivity index (χ4v) is 3.25. The Morgan fingerprint density at radius 1 is 1.39 bits per heavy atom. The van der Waals surface area contributed by atoms with E-state index >= 15 is 0 Å². The Balaban J connectivity index is 1.82. The minimum Gasteiger partial charge on any atom is -0.393 e. The molecule has 0 aromatic carbocycles. The third kappa shape index (κ3) is 1.92. The van der Waals surface area contributed by atoms with Gasteiger partial charge in [0, 0.05) is 31.5 Å². The summed E-state index contributed by atoms with van der Waals surface area (Å²) in [7, 11) is 0. The van der Waals surface area contributed by atoms with Gasteiger partial charge in [-0.3, -0.25) is 0 Å². The van der Waals surface area contributed by atoms with E-state index in [0.717, 1.165) is 44.0 Å². The van der Waals surface area contributed by atoms with Crippen LogP contribution < -0.4 is 10.6 Å². The van der Waals surface area contributed by atoms with Crippen LogP contribution in [0.15, 0.2) is 6.07 Å². The number of rotatable bonds is 2. The number of aliphatic hydroxyl groups excluding tert-OH is 1. The van der Waals surface area contributed by atoms with Crippen molar-refractivity contribution in [1.82, 2.24) is 9.97 Å². The van der Waals surface area contributed by atoms with E-state index in [1.807, 2.05) is 13.0 Å². The van der Waals surface area contributed by atoms with Gasteiger partial charge < -0.3 is 15.7 Å². The van der Waals surface area contributed by atoms with Crippen molar-refractivity contribution in [2.45, 2.75) is 32.3 Å². The van der Waals surface area contributed by atoms with E-state index in [0.29, 0.717) is 17.7 Å². The normalized spacial score (nSPS) is 30.8. The lowest BCUT2D eigenvalue weighted by atomic mass is 10.00. The molecule has 1 aliphatic carbocycles. The Hall–Kier alpha value is -1.36. The van der Waals surface area contributed by atoms with Crippen molar-refractivity contribution < 1.29 is 5.11 Å². The SMILES string of the molecule is CCc1nc(N)cc(N2CC3CCC(O)C3C2)n1. The lowest BCUT2D eigenvalue weighted by Gasteiger charge is -2.20. The highest BCUT2D eigenvalue weighted by Gasteiger charge is 2.42. The maximum absolute atomic E-state index is 9.94. The third-order valence-electron chi connectivity index (χ3n) is 4.24. The Kier molecular flexibility index (Phi) is 2.86. The fourth-order valence-electron chi connectivity index (χ4n) is 3.25. The zero-order valence-electron chi connectivity index (χ0n) is 10.7. The Morgan fingerprint density at radius 2 is 2.22 bits per heavy atom. The maximum atomic E-state index is 9.94. The van der Waals surface area contributed by atoms with E-state index in [4.69, 9.17) is 5.73 Å². The molecular weight excluding hydrogens is 228 g/mol. The average molecular weight is 248 g/mol. The minimum atomic E-state index is -0.134. The summed E-state index contributed by atoms with van der Waals surface area (Å²) in [5.74, 6) is 3.27. The summed E-state index contributed by atoms with van der Waals surface area (Å²) in [6.45, 7) is 3.91. The molecule has 2 fully saturated rings. The molecule has 0 radical (unpaired) electrons. The number of hydrogen-bond acceptors (Lipinski definition) is 5. The van der Waals surface area contributed by atoms with Gasteiger partial charge in [-0.1, -0.05) is 6.92 Å². The molecule has 1 aliphatic heterocycles. The molecule has 0 spiro atoms. The van der Waals surface area contributed by atoms with Crippen LogP contribution in [0.1, 0.15) is 25.6 Å². The average Bonchev–Trinajstić information content (AvgIpc) is 2.91. The molecule has 3 unspecified atom stereocenters. The second-order valence-corrected chi connectivity index (χ2v) is 5.39. The van der Waals surface area contributed by atoms with Crippen LogP contribution in [-0.2, 0) is 6.42 Å². The molecule has 1 saturated carbocycles. The minimum absolute atomic E-state index is 0.134. The molecule has 3 atom stereocenters. The maximum Gasteiger partial charge on any atom is 0.134 e. The van der Waals surface area contributed by atoms with E-state index in [2.05, 4.69) is 14.9 Å². The number of fused-ring (bicyclic) bond motifs is 1. The molecule has 1 aromatic heterocycles. The number of nitrogens with zero attached hydrogens (tertiary/aromatic N) is 3. The van der Waals surface area contributed by atoms with E-state index in [1.165, 1.54) is 0 Å². The number of anilines is 2. The summed E-state index contributed by atoms with van der Waals surface area (Å²) in [5, 5.41) is 9.94. The first-order valence-corrected chi connectivity index (χ1v) is 6.74. The number of hydrogen-bond donors (Lipinski definition) is 2. The highest BCUT2D eigenvalue weighted by molar-refractivity contribution is 5.48. The van der Waals surface area contributed by atoms with Crippen molar-refractivity contribution in [2.75, 3.05) is 23.7 Å². The van der Waals surface area contributed by atoms with Gasteiger partial charge in [-0.05, 0) is 18.8 Å². The van der Waals surface area contributed by atoms with Gasteiger partial charge >= 0.3 is 0 Å². The predicted octanol–water partition coefficient (Wildman–Crippen LogP) is 0.828. The fraction of sp³-hybridized carbons (Fsp3) is 0.692. The van der Waals surface area contributed by atoms with Crippen molar-refractivity contribution in [3.8, 4) is 0 Å². The van der Waals surface area contributed by atoms with Crippen LogP contribution in [-0.4, -0.2) is 34.3 Å². The molecular formula is C13H20N4O. The second-order valence-electron chi connectivity index (χ2n) is 5.39. The highest BCUT2D eigenvalue weighted by atomic mass is 16.3. The molecule has 1 saturated heterocycles. The van der Waals surface area contributed by atoms with Crippen molar-refractivity contribution in [3.05, 3.63) is 11.9 Å². The summed E-state index contributed by atoms with van der Waals surface area (Å²) >= 11 is 0. The first-order valence-electron chi connectivity index (χ1n) is 6.74. The van der Waals surface area contributed by atoms with Gasteiger partial charge in [0.2, 0.25) is 0 Å². The van der Waals surface area contributed by atoms with E-state index in [9.17, 15) is 5.11 Å². The van der Waals surface area contributed by atoms with Crippen molar-refractivity contribution in [3.63, 3.8) is 0 Å². The van der Waals surface area contributed by atoms with Crippen LogP contribution in [0.25, 0.3) is 0 Å². The zero-order chi connectivity index (χ0) is 12.7. The molecule has 3 N–H and O–H groups in total. The smallest absolute Gasteiger partial charge is 0.134 e.